The molecule has 126 valence electrons. The Hall–Kier alpha value is -2.47. The number of nitrogens with one attached hydrogen (secondary N) is 2. The Bertz CT molecular complexity index is 716. The molecule has 1 fully saturated rings. The van der Waals surface area contributed by atoms with Crippen molar-refractivity contribution in [3.8, 4) is 11.5 Å². The maximum absolute atomic E-state index is 14.1. The third kappa shape index (κ3) is 3.89. The standard InChI is InChI=1S/C18H18F2N2O2/c19-14-10-17(24-13-5-2-1-3-6-13)15(20)9-12(14)11-22-18(23)16-7-4-8-21-16/h1-3,5-6,9-10,16,21H,4,7-8,11H2,(H,22,23)/t16-/m0/s1. The summed E-state index contributed by atoms with van der Waals surface area (Å²) in [6.07, 6.45) is 1.69. The molecule has 0 aromatic heterocycles. The van der Waals surface area contributed by atoms with Gasteiger partial charge in [0.15, 0.2) is 11.6 Å². The summed E-state index contributed by atoms with van der Waals surface area (Å²) in [5.74, 6) is -1.27. The van der Waals surface area contributed by atoms with Crippen LogP contribution < -0.4 is 15.4 Å². The number of hydrogen-bond donors (Lipinski definition) is 2. The Morgan fingerprint density at radius 2 is 2.00 bits per heavy atom. The van der Waals surface area contributed by atoms with Gasteiger partial charge in [0.25, 0.3) is 0 Å². The van der Waals surface area contributed by atoms with E-state index in [-0.39, 0.29) is 29.8 Å². The lowest BCUT2D eigenvalue weighted by Gasteiger charge is -2.13. The lowest BCUT2D eigenvalue weighted by atomic mass is 10.1. The molecule has 3 rings (SSSR count). The minimum Gasteiger partial charge on any atom is -0.454 e. The van der Waals surface area contributed by atoms with Crippen molar-refractivity contribution in [2.75, 3.05) is 6.54 Å². The lowest BCUT2D eigenvalue weighted by molar-refractivity contribution is -0.122. The van der Waals surface area contributed by atoms with Gasteiger partial charge in [-0.05, 0) is 37.6 Å². The normalized spacial score (nSPS) is 16.8. The fourth-order valence-corrected chi connectivity index (χ4v) is 2.61. The van der Waals surface area contributed by atoms with Crippen LogP contribution in [0, 0.1) is 11.6 Å². The summed E-state index contributed by atoms with van der Waals surface area (Å²) >= 11 is 0. The van der Waals surface area contributed by atoms with Crippen LogP contribution in [-0.2, 0) is 11.3 Å². The summed E-state index contributed by atoms with van der Waals surface area (Å²) in [4.78, 5) is 11.9. The number of para-hydroxylation sites is 1. The van der Waals surface area contributed by atoms with E-state index in [1.54, 1.807) is 30.3 Å². The quantitative estimate of drug-likeness (QED) is 0.884. The molecular weight excluding hydrogens is 314 g/mol. The maximum Gasteiger partial charge on any atom is 0.237 e. The van der Waals surface area contributed by atoms with E-state index in [1.165, 1.54) is 0 Å². The van der Waals surface area contributed by atoms with Crippen LogP contribution in [0.25, 0.3) is 0 Å². The van der Waals surface area contributed by atoms with Crippen molar-refractivity contribution in [1.29, 1.82) is 0 Å². The van der Waals surface area contributed by atoms with Crippen LogP contribution in [-0.4, -0.2) is 18.5 Å². The van der Waals surface area contributed by atoms with E-state index in [9.17, 15) is 13.6 Å². The maximum atomic E-state index is 14.1. The molecule has 2 aromatic carbocycles. The van der Waals surface area contributed by atoms with Crippen molar-refractivity contribution in [1.82, 2.24) is 10.6 Å². The van der Waals surface area contributed by atoms with E-state index < -0.39 is 11.6 Å². The summed E-state index contributed by atoms with van der Waals surface area (Å²) in [6.45, 7) is 0.734. The SMILES string of the molecule is O=C(NCc1cc(F)c(Oc2ccccc2)cc1F)[C@@H]1CCCN1. The number of benzene rings is 2. The fraction of sp³-hybridized carbons (Fsp3) is 0.278. The monoisotopic (exact) mass is 332 g/mol. The Labute approximate surface area is 138 Å². The number of rotatable bonds is 5. The van der Waals surface area contributed by atoms with Gasteiger partial charge in [-0.25, -0.2) is 8.78 Å². The largest absolute Gasteiger partial charge is 0.454 e. The molecule has 1 amide bonds. The molecule has 0 unspecified atom stereocenters. The first-order chi connectivity index (χ1) is 11.6. The van der Waals surface area contributed by atoms with Gasteiger partial charge >= 0.3 is 0 Å². The third-order valence-corrected chi connectivity index (χ3v) is 3.90. The number of hydrogen-bond acceptors (Lipinski definition) is 3. The minimum absolute atomic E-state index is 0.0641. The van der Waals surface area contributed by atoms with Gasteiger partial charge in [-0.1, -0.05) is 18.2 Å². The Morgan fingerprint density at radius 1 is 1.21 bits per heavy atom. The van der Waals surface area contributed by atoms with Gasteiger partial charge in [-0.3, -0.25) is 4.79 Å². The molecule has 2 N–H and O–H groups in total. The predicted octanol–water partition coefficient (Wildman–Crippen LogP) is 3.13. The predicted molar refractivity (Wildman–Crippen MR) is 85.7 cm³/mol. The Morgan fingerprint density at radius 3 is 2.71 bits per heavy atom. The number of amides is 1. The summed E-state index contributed by atoms with van der Waals surface area (Å²) in [5.41, 5.74) is 0.0826. The molecule has 2 aromatic rings. The lowest BCUT2D eigenvalue weighted by Crippen LogP contribution is -2.40. The molecule has 6 heteroatoms. The highest BCUT2D eigenvalue weighted by atomic mass is 19.1. The van der Waals surface area contributed by atoms with Crippen LogP contribution in [0.3, 0.4) is 0 Å². The summed E-state index contributed by atoms with van der Waals surface area (Å²) < 4.78 is 33.6. The van der Waals surface area contributed by atoms with Crippen LogP contribution >= 0.6 is 0 Å². The van der Waals surface area contributed by atoms with Crippen LogP contribution in [0.1, 0.15) is 18.4 Å². The van der Waals surface area contributed by atoms with Crippen LogP contribution in [0.15, 0.2) is 42.5 Å². The summed E-state index contributed by atoms with van der Waals surface area (Å²) in [5, 5.41) is 5.68. The molecule has 1 aliphatic rings. The highest BCUT2D eigenvalue weighted by Gasteiger charge is 2.22. The summed E-state index contributed by atoms with van der Waals surface area (Å²) in [7, 11) is 0. The number of ether oxygens (including phenoxy) is 1. The zero-order valence-electron chi connectivity index (χ0n) is 13.0. The van der Waals surface area contributed by atoms with Crippen LogP contribution in [0.4, 0.5) is 8.78 Å². The summed E-state index contributed by atoms with van der Waals surface area (Å²) in [6, 6.07) is 10.4. The molecule has 0 aliphatic carbocycles. The first-order valence-corrected chi connectivity index (χ1v) is 7.85. The number of carbonyl (C=O) groups is 1. The third-order valence-electron chi connectivity index (χ3n) is 3.90. The van der Waals surface area contributed by atoms with E-state index in [2.05, 4.69) is 10.6 Å². The highest BCUT2D eigenvalue weighted by molar-refractivity contribution is 5.81. The van der Waals surface area contributed by atoms with Crippen molar-refractivity contribution in [2.45, 2.75) is 25.4 Å². The van der Waals surface area contributed by atoms with Crippen LogP contribution in [0.2, 0.25) is 0 Å². The van der Waals surface area contributed by atoms with Gasteiger partial charge in [0.1, 0.15) is 11.6 Å². The molecule has 1 saturated heterocycles. The Balaban J connectivity index is 1.66. The van der Waals surface area contributed by atoms with Gasteiger partial charge in [0.2, 0.25) is 5.91 Å². The molecule has 0 radical (unpaired) electrons. The fourth-order valence-electron chi connectivity index (χ4n) is 2.61. The molecule has 24 heavy (non-hydrogen) atoms. The van der Waals surface area contributed by atoms with Crippen molar-refractivity contribution < 1.29 is 18.3 Å². The van der Waals surface area contributed by atoms with E-state index in [0.717, 1.165) is 31.5 Å². The molecule has 0 spiro atoms. The van der Waals surface area contributed by atoms with Crippen molar-refractivity contribution in [2.24, 2.45) is 0 Å². The van der Waals surface area contributed by atoms with Gasteiger partial charge in [-0.15, -0.1) is 0 Å². The van der Waals surface area contributed by atoms with Gasteiger partial charge in [-0.2, -0.15) is 0 Å². The molecule has 4 nitrogen and oxygen atoms in total. The van der Waals surface area contributed by atoms with E-state index in [1.807, 2.05) is 0 Å². The van der Waals surface area contributed by atoms with Gasteiger partial charge < -0.3 is 15.4 Å². The minimum atomic E-state index is -0.677. The van der Waals surface area contributed by atoms with Crippen molar-refractivity contribution in [3.63, 3.8) is 0 Å². The topological polar surface area (TPSA) is 50.4 Å². The molecule has 0 saturated carbocycles. The molecular formula is C18H18F2N2O2. The zero-order valence-corrected chi connectivity index (χ0v) is 13.0. The molecule has 1 atom stereocenters. The van der Waals surface area contributed by atoms with Gasteiger partial charge in [0, 0.05) is 18.2 Å². The smallest absolute Gasteiger partial charge is 0.237 e. The zero-order chi connectivity index (χ0) is 16.9. The van der Waals surface area contributed by atoms with Gasteiger partial charge in [0.05, 0.1) is 6.04 Å². The second kappa shape index (κ2) is 7.40. The molecule has 1 heterocycles. The highest BCUT2D eigenvalue weighted by Crippen LogP contribution is 2.26. The van der Waals surface area contributed by atoms with E-state index in [0.29, 0.717) is 5.75 Å². The second-order valence-corrected chi connectivity index (χ2v) is 5.66. The average Bonchev–Trinajstić information content (AvgIpc) is 3.12. The van der Waals surface area contributed by atoms with E-state index >= 15 is 0 Å². The first kappa shape index (κ1) is 16.4. The number of halogens is 2. The van der Waals surface area contributed by atoms with Crippen molar-refractivity contribution in [3.05, 3.63) is 59.7 Å². The first-order valence-electron chi connectivity index (χ1n) is 7.85. The number of carbonyl (C=O) groups excluding carboxylic acids is 1. The van der Waals surface area contributed by atoms with E-state index in [4.69, 9.17) is 4.74 Å². The average molecular weight is 332 g/mol. The molecule has 0 bridgehead atoms. The van der Waals surface area contributed by atoms with Crippen LogP contribution in [0.5, 0.6) is 11.5 Å². The molecule has 1 aliphatic heterocycles. The second-order valence-electron chi connectivity index (χ2n) is 5.66. The Kier molecular flexibility index (Phi) is 5.05. The van der Waals surface area contributed by atoms with Crippen molar-refractivity contribution >= 4 is 5.91 Å².